The van der Waals surface area contributed by atoms with Crippen molar-refractivity contribution in [2.75, 3.05) is 37.2 Å². The van der Waals surface area contributed by atoms with Gasteiger partial charge in [0.2, 0.25) is 15.9 Å². The number of benzene rings is 1. The Morgan fingerprint density at radius 1 is 1.07 bits per heavy atom. The number of amides is 1. The molecule has 1 aromatic carbocycles. The zero-order chi connectivity index (χ0) is 19.7. The van der Waals surface area contributed by atoms with Gasteiger partial charge in [-0.25, -0.2) is 8.42 Å². The Balaban J connectivity index is 1.47. The summed E-state index contributed by atoms with van der Waals surface area (Å²) < 4.78 is 28.0. The molecule has 2 fully saturated rings. The molecular weight excluding hydrogens is 394 g/mol. The lowest BCUT2D eigenvalue weighted by Gasteiger charge is -2.39. The predicted octanol–water partition coefficient (Wildman–Crippen LogP) is 3.01. The Bertz CT molecular complexity index is 829. The van der Waals surface area contributed by atoms with Crippen molar-refractivity contribution in [3.8, 4) is 0 Å². The van der Waals surface area contributed by atoms with Gasteiger partial charge in [0.05, 0.1) is 10.6 Å². The highest BCUT2D eigenvalue weighted by atomic mass is 32.2. The van der Waals surface area contributed by atoms with E-state index in [-0.39, 0.29) is 16.7 Å². The standard InChI is InChI=1S/C20H29N3O3S2/c1-15-14-27-19-6-5-17(13-18(19)21-20(15)24)28(25,26)23-11-7-16(8-12-23)22-9-3-2-4-10-22/h5-6,13,15-16H,2-4,7-12,14H2,1H3,(H,21,24). The summed E-state index contributed by atoms with van der Waals surface area (Å²) in [5, 5.41) is 2.89. The molecule has 154 valence electrons. The van der Waals surface area contributed by atoms with Crippen molar-refractivity contribution >= 4 is 33.4 Å². The molecule has 3 aliphatic rings. The summed E-state index contributed by atoms with van der Waals surface area (Å²) in [4.78, 5) is 15.9. The second-order valence-electron chi connectivity index (χ2n) is 8.09. The number of thioether (sulfide) groups is 1. The highest BCUT2D eigenvalue weighted by molar-refractivity contribution is 7.99. The van der Waals surface area contributed by atoms with Gasteiger partial charge in [0.15, 0.2) is 0 Å². The lowest BCUT2D eigenvalue weighted by Crippen LogP contribution is -2.48. The van der Waals surface area contributed by atoms with Crippen molar-refractivity contribution in [1.82, 2.24) is 9.21 Å². The monoisotopic (exact) mass is 423 g/mol. The number of sulfonamides is 1. The van der Waals surface area contributed by atoms with E-state index in [1.54, 1.807) is 28.2 Å². The zero-order valence-electron chi connectivity index (χ0n) is 16.4. The highest BCUT2D eigenvalue weighted by Crippen LogP contribution is 2.35. The van der Waals surface area contributed by atoms with Crippen LogP contribution in [0.5, 0.6) is 0 Å². The molecule has 4 rings (SSSR count). The molecular formula is C20H29N3O3S2. The summed E-state index contributed by atoms with van der Waals surface area (Å²) in [5.74, 6) is 0.559. The molecule has 28 heavy (non-hydrogen) atoms. The quantitative estimate of drug-likeness (QED) is 0.809. The topological polar surface area (TPSA) is 69.7 Å². The number of hydrogen-bond donors (Lipinski definition) is 1. The van der Waals surface area contributed by atoms with Gasteiger partial charge in [0.25, 0.3) is 0 Å². The third-order valence-corrected chi connectivity index (χ3v) is 9.34. The van der Waals surface area contributed by atoms with Crippen molar-refractivity contribution in [2.24, 2.45) is 5.92 Å². The van der Waals surface area contributed by atoms with Crippen LogP contribution in [0.25, 0.3) is 0 Å². The molecule has 1 aromatic rings. The number of anilines is 1. The third kappa shape index (κ3) is 4.10. The second-order valence-corrected chi connectivity index (χ2v) is 11.1. The SMILES string of the molecule is CC1CSc2ccc(S(=O)(=O)N3CCC(N4CCCCC4)CC3)cc2NC1=O. The first-order valence-electron chi connectivity index (χ1n) is 10.3. The normalized spacial score (nSPS) is 25.8. The van der Waals surface area contributed by atoms with Crippen molar-refractivity contribution in [2.45, 2.75) is 54.9 Å². The Morgan fingerprint density at radius 2 is 1.79 bits per heavy atom. The van der Waals surface area contributed by atoms with Crippen molar-refractivity contribution in [3.05, 3.63) is 18.2 Å². The van der Waals surface area contributed by atoms with Gasteiger partial charge in [-0.05, 0) is 57.0 Å². The number of carbonyl (C=O) groups is 1. The molecule has 0 bridgehead atoms. The van der Waals surface area contributed by atoms with Crippen LogP contribution < -0.4 is 5.32 Å². The van der Waals surface area contributed by atoms with Gasteiger partial charge in [-0.3, -0.25) is 4.79 Å². The van der Waals surface area contributed by atoms with Crippen LogP contribution in [0.15, 0.2) is 28.0 Å². The van der Waals surface area contributed by atoms with Crippen LogP contribution in [-0.2, 0) is 14.8 Å². The van der Waals surface area contributed by atoms with Crippen LogP contribution in [-0.4, -0.2) is 61.5 Å². The van der Waals surface area contributed by atoms with Crippen LogP contribution in [0, 0.1) is 5.92 Å². The molecule has 1 amide bonds. The van der Waals surface area contributed by atoms with Crippen LogP contribution in [0.1, 0.15) is 39.0 Å². The lowest BCUT2D eigenvalue weighted by molar-refractivity contribution is -0.118. The Kier molecular flexibility index (Phi) is 6.01. The first-order valence-corrected chi connectivity index (χ1v) is 12.7. The molecule has 3 aliphatic heterocycles. The number of likely N-dealkylation sites (tertiary alicyclic amines) is 1. The Morgan fingerprint density at radius 3 is 2.50 bits per heavy atom. The molecule has 1 unspecified atom stereocenters. The summed E-state index contributed by atoms with van der Waals surface area (Å²) in [6.45, 7) is 5.33. The van der Waals surface area contributed by atoms with E-state index in [0.29, 0.717) is 30.6 Å². The molecule has 0 aromatic heterocycles. The van der Waals surface area contributed by atoms with Crippen LogP contribution in [0.4, 0.5) is 5.69 Å². The molecule has 6 nitrogen and oxygen atoms in total. The average Bonchev–Trinajstić information content (AvgIpc) is 2.86. The average molecular weight is 424 g/mol. The zero-order valence-corrected chi connectivity index (χ0v) is 18.0. The van der Waals surface area contributed by atoms with E-state index in [2.05, 4.69) is 10.2 Å². The van der Waals surface area contributed by atoms with Crippen molar-refractivity contribution in [3.63, 3.8) is 0 Å². The van der Waals surface area contributed by atoms with E-state index >= 15 is 0 Å². The van der Waals surface area contributed by atoms with E-state index in [0.717, 1.165) is 30.8 Å². The van der Waals surface area contributed by atoms with Crippen molar-refractivity contribution < 1.29 is 13.2 Å². The maximum Gasteiger partial charge on any atom is 0.243 e. The third-order valence-electron chi connectivity index (χ3n) is 6.11. The fraction of sp³-hybridized carbons (Fsp3) is 0.650. The Hall–Kier alpha value is -1.09. The lowest BCUT2D eigenvalue weighted by atomic mass is 10.0. The molecule has 0 radical (unpaired) electrons. The van der Waals surface area contributed by atoms with E-state index < -0.39 is 10.0 Å². The summed E-state index contributed by atoms with van der Waals surface area (Å²) in [6.07, 6.45) is 5.63. The molecule has 0 spiro atoms. The molecule has 2 saturated heterocycles. The molecule has 1 atom stereocenters. The molecule has 8 heteroatoms. The van der Waals surface area contributed by atoms with E-state index in [9.17, 15) is 13.2 Å². The summed E-state index contributed by atoms with van der Waals surface area (Å²) in [6, 6.07) is 5.65. The predicted molar refractivity (Wildman–Crippen MR) is 112 cm³/mol. The molecule has 0 saturated carbocycles. The second kappa shape index (κ2) is 8.34. The van der Waals surface area contributed by atoms with Gasteiger partial charge in [-0.2, -0.15) is 4.31 Å². The van der Waals surface area contributed by atoms with Gasteiger partial charge in [-0.15, -0.1) is 11.8 Å². The molecule has 1 N–H and O–H groups in total. The minimum atomic E-state index is -3.54. The van der Waals surface area contributed by atoms with Gasteiger partial charge >= 0.3 is 0 Å². The first kappa shape index (κ1) is 20.2. The summed E-state index contributed by atoms with van der Waals surface area (Å²) >= 11 is 1.60. The van der Waals surface area contributed by atoms with Crippen LogP contribution in [0.3, 0.4) is 0 Å². The number of rotatable bonds is 3. The van der Waals surface area contributed by atoms with Crippen LogP contribution >= 0.6 is 11.8 Å². The van der Waals surface area contributed by atoms with E-state index in [1.165, 1.54) is 19.3 Å². The van der Waals surface area contributed by atoms with Gasteiger partial charge < -0.3 is 10.2 Å². The number of piperidine rings is 2. The maximum atomic E-state index is 13.2. The fourth-order valence-corrected chi connectivity index (χ4v) is 6.83. The largest absolute Gasteiger partial charge is 0.325 e. The maximum absolute atomic E-state index is 13.2. The number of nitrogens with one attached hydrogen (secondary N) is 1. The summed E-state index contributed by atoms with van der Waals surface area (Å²) in [5.41, 5.74) is 0.614. The van der Waals surface area contributed by atoms with Crippen LogP contribution in [0.2, 0.25) is 0 Å². The van der Waals surface area contributed by atoms with Gasteiger partial charge in [-0.1, -0.05) is 13.3 Å². The fourth-order valence-electron chi connectivity index (χ4n) is 4.32. The summed E-state index contributed by atoms with van der Waals surface area (Å²) in [7, 11) is -3.54. The van der Waals surface area contributed by atoms with Gasteiger partial charge in [0.1, 0.15) is 0 Å². The first-order chi connectivity index (χ1) is 13.4. The van der Waals surface area contributed by atoms with Crippen molar-refractivity contribution in [1.29, 1.82) is 0 Å². The molecule has 0 aliphatic carbocycles. The smallest absolute Gasteiger partial charge is 0.243 e. The van der Waals surface area contributed by atoms with E-state index in [4.69, 9.17) is 0 Å². The number of fused-ring (bicyclic) bond motifs is 1. The number of hydrogen-bond acceptors (Lipinski definition) is 5. The van der Waals surface area contributed by atoms with E-state index in [1.807, 2.05) is 13.0 Å². The highest BCUT2D eigenvalue weighted by Gasteiger charge is 2.32. The minimum Gasteiger partial charge on any atom is -0.325 e. The number of carbonyl (C=O) groups excluding carboxylic acids is 1. The number of nitrogens with zero attached hydrogens (tertiary/aromatic N) is 2. The Labute approximate surface area is 172 Å². The minimum absolute atomic E-state index is 0.0526. The van der Waals surface area contributed by atoms with Gasteiger partial charge in [0, 0.05) is 35.7 Å². The molecule has 3 heterocycles.